The molecular weight excluding hydrogens is 166 g/mol. The molecule has 0 saturated heterocycles. The summed E-state index contributed by atoms with van der Waals surface area (Å²) in [5.74, 6) is 0. The molecule has 3 nitrogen and oxygen atoms in total. The summed E-state index contributed by atoms with van der Waals surface area (Å²) in [7, 11) is 0. The van der Waals surface area contributed by atoms with Gasteiger partial charge in [-0.2, -0.15) is 0 Å². The third-order valence-electron chi connectivity index (χ3n) is 1.76. The number of rotatable bonds is 4. The molecule has 0 spiro atoms. The lowest BCUT2D eigenvalue weighted by atomic mass is 10.1. The summed E-state index contributed by atoms with van der Waals surface area (Å²) in [5, 5.41) is 20.6. The van der Waals surface area contributed by atoms with E-state index in [9.17, 15) is 0 Å². The first-order valence-electron chi connectivity index (χ1n) is 4.32. The highest BCUT2D eigenvalue weighted by Crippen LogP contribution is 2.13. The van der Waals surface area contributed by atoms with Gasteiger partial charge in [-0.25, -0.2) is 0 Å². The van der Waals surface area contributed by atoms with E-state index in [1.807, 2.05) is 25.1 Å². The van der Waals surface area contributed by atoms with Gasteiger partial charge in [0.15, 0.2) is 0 Å². The van der Waals surface area contributed by atoms with Crippen molar-refractivity contribution in [3.63, 3.8) is 0 Å². The zero-order valence-electron chi connectivity index (χ0n) is 7.75. The topological polar surface area (TPSA) is 52.5 Å². The van der Waals surface area contributed by atoms with E-state index in [0.717, 1.165) is 16.8 Å². The van der Waals surface area contributed by atoms with E-state index in [-0.39, 0.29) is 13.2 Å². The van der Waals surface area contributed by atoms with Crippen molar-refractivity contribution in [3.05, 3.63) is 29.3 Å². The van der Waals surface area contributed by atoms with Gasteiger partial charge in [0.1, 0.15) is 0 Å². The summed E-state index contributed by atoms with van der Waals surface area (Å²) < 4.78 is 0. The fourth-order valence-electron chi connectivity index (χ4n) is 1.26. The Bertz CT molecular complexity index is 274. The molecule has 3 N–H and O–H groups in total. The molecule has 0 saturated carbocycles. The molecule has 0 bridgehead atoms. The number of hydrogen-bond acceptors (Lipinski definition) is 3. The van der Waals surface area contributed by atoms with E-state index in [2.05, 4.69) is 5.32 Å². The Morgan fingerprint density at radius 1 is 1.23 bits per heavy atom. The zero-order chi connectivity index (χ0) is 9.68. The standard InChI is InChI=1S/C10H15NO2/c1-8-4-9(7-13)6-10(5-8)11-2-3-12/h4-6,11-13H,2-3,7H2,1H3. The number of benzene rings is 1. The van der Waals surface area contributed by atoms with Gasteiger partial charge in [0.25, 0.3) is 0 Å². The Balaban J connectivity index is 2.76. The number of nitrogens with one attached hydrogen (secondary N) is 1. The Morgan fingerprint density at radius 2 is 2.00 bits per heavy atom. The average molecular weight is 181 g/mol. The van der Waals surface area contributed by atoms with Gasteiger partial charge in [0, 0.05) is 12.2 Å². The second-order valence-corrected chi connectivity index (χ2v) is 3.02. The lowest BCUT2D eigenvalue weighted by molar-refractivity contribution is 0.282. The number of anilines is 1. The fourth-order valence-corrected chi connectivity index (χ4v) is 1.26. The molecule has 0 aliphatic heterocycles. The highest BCUT2D eigenvalue weighted by molar-refractivity contribution is 5.48. The number of aliphatic hydroxyl groups excluding tert-OH is 2. The molecule has 0 amide bonds. The molecule has 1 aromatic rings. The van der Waals surface area contributed by atoms with Gasteiger partial charge in [-0.1, -0.05) is 6.07 Å². The van der Waals surface area contributed by atoms with Gasteiger partial charge in [0.2, 0.25) is 0 Å². The fraction of sp³-hybridized carbons (Fsp3) is 0.400. The lowest BCUT2D eigenvalue weighted by Crippen LogP contribution is -2.05. The smallest absolute Gasteiger partial charge is 0.0682 e. The summed E-state index contributed by atoms with van der Waals surface area (Å²) in [4.78, 5) is 0. The maximum absolute atomic E-state index is 8.93. The van der Waals surface area contributed by atoms with Crippen LogP contribution < -0.4 is 5.32 Å². The second kappa shape index (κ2) is 4.84. The van der Waals surface area contributed by atoms with E-state index in [1.165, 1.54) is 0 Å². The van der Waals surface area contributed by atoms with E-state index in [0.29, 0.717) is 6.54 Å². The predicted octanol–water partition coefficient (Wildman–Crippen LogP) is 0.892. The molecule has 0 unspecified atom stereocenters. The number of aliphatic hydroxyl groups is 2. The first-order valence-corrected chi connectivity index (χ1v) is 4.32. The maximum atomic E-state index is 8.93. The van der Waals surface area contributed by atoms with Gasteiger partial charge in [-0.05, 0) is 30.2 Å². The average Bonchev–Trinajstić information content (AvgIpc) is 2.14. The summed E-state index contributed by atoms with van der Waals surface area (Å²) in [6, 6.07) is 5.79. The highest BCUT2D eigenvalue weighted by atomic mass is 16.3. The molecule has 0 aromatic heterocycles. The number of aryl methyl sites for hydroxylation is 1. The molecule has 72 valence electrons. The van der Waals surface area contributed by atoms with Crippen LogP contribution in [-0.4, -0.2) is 23.4 Å². The molecule has 0 atom stereocenters. The molecule has 0 heterocycles. The Morgan fingerprint density at radius 3 is 2.62 bits per heavy atom. The van der Waals surface area contributed by atoms with Crippen molar-refractivity contribution in [1.29, 1.82) is 0 Å². The molecule has 1 aromatic carbocycles. The van der Waals surface area contributed by atoms with Gasteiger partial charge < -0.3 is 15.5 Å². The highest BCUT2D eigenvalue weighted by Gasteiger charge is 1.96. The summed E-state index contributed by atoms with van der Waals surface area (Å²) in [6.45, 7) is 2.68. The summed E-state index contributed by atoms with van der Waals surface area (Å²) in [5.41, 5.74) is 2.94. The zero-order valence-corrected chi connectivity index (χ0v) is 7.75. The Labute approximate surface area is 78.0 Å². The third kappa shape index (κ3) is 3.05. The van der Waals surface area contributed by atoms with Crippen LogP contribution in [0.15, 0.2) is 18.2 Å². The van der Waals surface area contributed by atoms with Crippen molar-refractivity contribution in [2.75, 3.05) is 18.5 Å². The van der Waals surface area contributed by atoms with Crippen LogP contribution in [0.25, 0.3) is 0 Å². The van der Waals surface area contributed by atoms with Gasteiger partial charge >= 0.3 is 0 Å². The molecule has 0 aliphatic carbocycles. The largest absolute Gasteiger partial charge is 0.395 e. The van der Waals surface area contributed by atoms with E-state index in [4.69, 9.17) is 10.2 Å². The van der Waals surface area contributed by atoms with Crippen LogP contribution in [-0.2, 0) is 6.61 Å². The Hall–Kier alpha value is -1.06. The molecule has 0 aliphatic rings. The van der Waals surface area contributed by atoms with Gasteiger partial charge in [-0.15, -0.1) is 0 Å². The third-order valence-corrected chi connectivity index (χ3v) is 1.76. The van der Waals surface area contributed by atoms with Crippen LogP contribution in [0.3, 0.4) is 0 Å². The van der Waals surface area contributed by atoms with Crippen LogP contribution in [0.4, 0.5) is 5.69 Å². The summed E-state index contributed by atoms with van der Waals surface area (Å²) >= 11 is 0. The van der Waals surface area contributed by atoms with E-state index < -0.39 is 0 Å². The lowest BCUT2D eigenvalue weighted by Gasteiger charge is -2.07. The maximum Gasteiger partial charge on any atom is 0.0682 e. The van der Waals surface area contributed by atoms with Crippen molar-refractivity contribution in [2.45, 2.75) is 13.5 Å². The van der Waals surface area contributed by atoms with E-state index >= 15 is 0 Å². The second-order valence-electron chi connectivity index (χ2n) is 3.02. The normalized spacial score (nSPS) is 10.1. The molecule has 3 heteroatoms. The minimum atomic E-state index is 0.0511. The first kappa shape index (κ1) is 10.0. The quantitative estimate of drug-likeness (QED) is 0.646. The van der Waals surface area contributed by atoms with Crippen molar-refractivity contribution >= 4 is 5.69 Å². The SMILES string of the molecule is Cc1cc(CO)cc(NCCO)c1. The van der Waals surface area contributed by atoms with Crippen LogP contribution in [0.2, 0.25) is 0 Å². The molecule has 0 radical (unpaired) electrons. The van der Waals surface area contributed by atoms with Gasteiger partial charge in [-0.3, -0.25) is 0 Å². The molecule has 13 heavy (non-hydrogen) atoms. The molecular formula is C10H15NO2. The van der Waals surface area contributed by atoms with Crippen molar-refractivity contribution < 1.29 is 10.2 Å². The molecule has 0 fully saturated rings. The minimum absolute atomic E-state index is 0.0511. The first-order chi connectivity index (χ1) is 6.26. The predicted molar refractivity (Wildman–Crippen MR) is 52.7 cm³/mol. The van der Waals surface area contributed by atoms with Crippen LogP contribution >= 0.6 is 0 Å². The minimum Gasteiger partial charge on any atom is -0.395 e. The van der Waals surface area contributed by atoms with Crippen LogP contribution in [0, 0.1) is 6.92 Å². The van der Waals surface area contributed by atoms with Crippen molar-refractivity contribution in [3.8, 4) is 0 Å². The number of hydrogen-bond donors (Lipinski definition) is 3. The van der Waals surface area contributed by atoms with Gasteiger partial charge in [0.05, 0.1) is 13.2 Å². The van der Waals surface area contributed by atoms with Crippen molar-refractivity contribution in [1.82, 2.24) is 0 Å². The van der Waals surface area contributed by atoms with Crippen LogP contribution in [0.1, 0.15) is 11.1 Å². The molecule has 1 rings (SSSR count). The monoisotopic (exact) mass is 181 g/mol. The summed E-state index contributed by atoms with van der Waals surface area (Å²) in [6.07, 6.45) is 0. The van der Waals surface area contributed by atoms with E-state index in [1.54, 1.807) is 0 Å². The van der Waals surface area contributed by atoms with Crippen LogP contribution in [0.5, 0.6) is 0 Å². The Kier molecular flexibility index (Phi) is 3.73. The van der Waals surface area contributed by atoms with Crippen molar-refractivity contribution in [2.24, 2.45) is 0 Å².